The number of aromatic nitrogens is 3. The Morgan fingerprint density at radius 3 is 2.81 bits per heavy atom. The number of amides is 1. The standard InChI is InChI=1S/C25H23N5OS/c1-16-8-9-18(25-28-17(2)29-32-25)13-22(16)27-15-24(31)30-12-10-21-20(6-3-7-23(21)30)19-5-4-11-26-14-19/h3-9,11,13-14,27H,10,12,15H2,1-2H3. The van der Waals surface area contributed by atoms with Crippen molar-refractivity contribution < 1.29 is 4.79 Å². The van der Waals surface area contributed by atoms with Crippen LogP contribution in [0.3, 0.4) is 0 Å². The summed E-state index contributed by atoms with van der Waals surface area (Å²) in [7, 11) is 0. The van der Waals surface area contributed by atoms with Crippen LogP contribution in [-0.2, 0) is 11.2 Å². The van der Waals surface area contributed by atoms with Gasteiger partial charge >= 0.3 is 0 Å². The first kappa shape index (κ1) is 20.3. The van der Waals surface area contributed by atoms with E-state index in [9.17, 15) is 4.79 Å². The number of anilines is 2. The zero-order chi connectivity index (χ0) is 22.1. The van der Waals surface area contributed by atoms with Crippen molar-refractivity contribution in [2.75, 3.05) is 23.3 Å². The second-order valence-corrected chi connectivity index (χ2v) is 8.62. The van der Waals surface area contributed by atoms with Gasteiger partial charge < -0.3 is 10.2 Å². The Kier molecular flexibility index (Phi) is 5.41. The summed E-state index contributed by atoms with van der Waals surface area (Å²) < 4.78 is 4.27. The second kappa shape index (κ2) is 8.51. The van der Waals surface area contributed by atoms with Crippen molar-refractivity contribution >= 4 is 28.8 Å². The van der Waals surface area contributed by atoms with Crippen molar-refractivity contribution in [3.05, 3.63) is 77.9 Å². The molecule has 0 saturated heterocycles. The molecule has 1 aliphatic heterocycles. The lowest BCUT2D eigenvalue weighted by atomic mass is 9.99. The number of nitrogens with one attached hydrogen (secondary N) is 1. The molecule has 2 aromatic heterocycles. The molecule has 0 saturated carbocycles. The Bertz CT molecular complexity index is 1280. The molecule has 0 bridgehead atoms. The average Bonchev–Trinajstić information content (AvgIpc) is 3.45. The second-order valence-electron chi connectivity index (χ2n) is 7.87. The number of pyridine rings is 1. The molecule has 1 aliphatic rings. The number of benzene rings is 2. The molecule has 4 aromatic rings. The zero-order valence-corrected chi connectivity index (χ0v) is 18.8. The highest BCUT2D eigenvalue weighted by atomic mass is 32.1. The zero-order valence-electron chi connectivity index (χ0n) is 18.0. The third-order valence-electron chi connectivity index (χ3n) is 5.74. The van der Waals surface area contributed by atoms with Gasteiger partial charge in [-0.25, -0.2) is 4.98 Å². The molecule has 5 rings (SSSR count). The monoisotopic (exact) mass is 441 g/mol. The lowest BCUT2D eigenvalue weighted by molar-refractivity contribution is -0.116. The predicted octanol–water partition coefficient (Wildman–Crippen LogP) is 4.89. The maximum atomic E-state index is 13.1. The molecule has 0 fully saturated rings. The van der Waals surface area contributed by atoms with Crippen molar-refractivity contribution in [2.24, 2.45) is 0 Å². The van der Waals surface area contributed by atoms with Gasteiger partial charge in [0.05, 0.1) is 6.54 Å². The lowest BCUT2D eigenvalue weighted by Crippen LogP contribution is -2.34. The van der Waals surface area contributed by atoms with Gasteiger partial charge in [0.15, 0.2) is 0 Å². The van der Waals surface area contributed by atoms with Crippen molar-refractivity contribution in [3.63, 3.8) is 0 Å². The highest BCUT2D eigenvalue weighted by Crippen LogP contribution is 2.36. The summed E-state index contributed by atoms with van der Waals surface area (Å²) in [6.07, 6.45) is 4.49. The Labute approximate surface area is 191 Å². The average molecular weight is 442 g/mol. The summed E-state index contributed by atoms with van der Waals surface area (Å²) in [6.45, 7) is 4.85. The Hall–Kier alpha value is -3.58. The smallest absolute Gasteiger partial charge is 0.246 e. The van der Waals surface area contributed by atoms with Crippen LogP contribution in [0.25, 0.3) is 21.7 Å². The first-order valence-corrected chi connectivity index (χ1v) is 11.4. The molecule has 0 spiro atoms. The highest BCUT2D eigenvalue weighted by Gasteiger charge is 2.26. The molecular formula is C25H23N5OS. The van der Waals surface area contributed by atoms with Crippen molar-refractivity contribution in [2.45, 2.75) is 20.3 Å². The third kappa shape index (κ3) is 3.87. The van der Waals surface area contributed by atoms with Gasteiger partial charge in [0.1, 0.15) is 10.8 Å². The largest absolute Gasteiger partial charge is 0.376 e. The Morgan fingerprint density at radius 1 is 1.12 bits per heavy atom. The number of fused-ring (bicyclic) bond motifs is 1. The van der Waals surface area contributed by atoms with Crippen LogP contribution in [0.1, 0.15) is 17.0 Å². The molecule has 32 heavy (non-hydrogen) atoms. The molecule has 160 valence electrons. The summed E-state index contributed by atoms with van der Waals surface area (Å²) in [6, 6.07) is 16.3. The molecule has 3 heterocycles. The molecule has 0 atom stereocenters. The lowest BCUT2D eigenvalue weighted by Gasteiger charge is -2.19. The molecule has 1 N–H and O–H groups in total. The van der Waals surface area contributed by atoms with E-state index < -0.39 is 0 Å². The number of hydrogen-bond acceptors (Lipinski definition) is 6. The molecule has 0 unspecified atom stereocenters. The SMILES string of the molecule is Cc1nsc(-c2ccc(C)c(NCC(=O)N3CCc4c(-c5cccnc5)cccc43)c2)n1. The predicted molar refractivity (Wildman–Crippen MR) is 129 cm³/mol. The fourth-order valence-electron chi connectivity index (χ4n) is 4.11. The van der Waals surface area contributed by atoms with E-state index >= 15 is 0 Å². The maximum Gasteiger partial charge on any atom is 0.246 e. The van der Waals surface area contributed by atoms with Crippen molar-refractivity contribution in [1.29, 1.82) is 0 Å². The van der Waals surface area contributed by atoms with E-state index in [1.807, 2.05) is 61.3 Å². The number of rotatable bonds is 5. The number of carbonyl (C=O) groups excluding carboxylic acids is 1. The van der Waals surface area contributed by atoms with Crippen molar-refractivity contribution in [1.82, 2.24) is 14.3 Å². The molecule has 1 amide bonds. The van der Waals surface area contributed by atoms with E-state index in [1.54, 1.807) is 6.20 Å². The van der Waals surface area contributed by atoms with Crippen LogP contribution in [0.15, 0.2) is 60.9 Å². The van der Waals surface area contributed by atoms with E-state index in [-0.39, 0.29) is 12.5 Å². The minimum atomic E-state index is 0.0589. The first-order chi connectivity index (χ1) is 15.6. The Morgan fingerprint density at radius 2 is 2.03 bits per heavy atom. The third-order valence-corrected chi connectivity index (χ3v) is 6.60. The molecule has 2 aromatic carbocycles. The highest BCUT2D eigenvalue weighted by molar-refractivity contribution is 7.09. The van der Waals surface area contributed by atoms with Crippen LogP contribution in [0.2, 0.25) is 0 Å². The summed E-state index contributed by atoms with van der Waals surface area (Å²) in [5.41, 5.74) is 7.46. The number of hydrogen-bond donors (Lipinski definition) is 1. The fraction of sp³-hybridized carbons (Fsp3) is 0.200. The normalized spacial score (nSPS) is 12.6. The number of aryl methyl sites for hydroxylation is 2. The van der Waals surface area contributed by atoms with E-state index in [2.05, 4.69) is 31.8 Å². The van der Waals surface area contributed by atoms with Gasteiger partial charge in [-0.3, -0.25) is 9.78 Å². The quantitative estimate of drug-likeness (QED) is 0.478. The van der Waals surface area contributed by atoms with E-state index in [4.69, 9.17) is 0 Å². The molecule has 6 nitrogen and oxygen atoms in total. The van der Waals surface area contributed by atoms with Crippen LogP contribution >= 0.6 is 11.5 Å². The summed E-state index contributed by atoms with van der Waals surface area (Å²) >= 11 is 1.39. The van der Waals surface area contributed by atoms with Gasteiger partial charge in [0.2, 0.25) is 5.91 Å². The minimum absolute atomic E-state index is 0.0589. The number of nitrogens with zero attached hydrogens (tertiary/aromatic N) is 4. The van der Waals surface area contributed by atoms with E-state index in [1.165, 1.54) is 17.1 Å². The molecular weight excluding hydrogens is 418 g/mol. The molecule has 0 aliphatic carbocycles. The van der Waals surface area contributed by atoms with Gasteiger partial charge in [-0.15, -0.1) is 0 Å². The summed E-state index contributed by atoms with van der Waals surface area (Å²) in [5.74, 6) is 0.831. The van der Waals surface area contributed by atoms with Crippen LogP contribution in [0.5, 0.6) is 0 Å². The van der Waals surface area contributed by atoms with Gasteiger partial charge in [-0.1, -0.05) is 30.3 Å². The van der Waals surface area contributed by atoms with Crippen LogP contribution in [0.4, 0.5) is 11.4 Å². The van der Waals surface area contributed by atoms with Gasteiger partial charge in [0.25, 0.3) is 0 Å². The minimum Gasteiger partial charge on any atom is -0.376 e. The van der Waals surface area contributed by atoms with Crippen LogP contribution in [0, 0.1) is 13.8 Å². The summed E-state index contributed by atoms with van der Waals surface area (Å²) in [5, 5.41) is 4.22. The van der Waals surface area contributed by atoms with E-state index in [0.717, 1.165) is 50.9 Å². The van der Waals surface area contributed by atoms with Gasteiger partial charge in [-0.05, 0) is 66.7 Å². The first-order valence-electron chi connectivity index (χ1n) is 10.6. The van der Waals surface area contributed by atoms with Gasteiger partial charge in [-0.2, -0.15) is 4.37 Å². The molecule has 0 radical (unpaired) electrons. The van der Waals surface area contributed by atoms with Crippen molar-refractivity contribution in [3.8, 4) is 21.7 Å². The van der Waals surface area contributed by atoms with Crippen LogP contribution in [-0.4, -0.2) is 33.3 Å². The van der Waals surface area contributed by atoms with Crippen LogP contribution < -0.4 is 10.2 Å². The number of carbonyl (C=O) groups is 1. The maximum absolute atomic E-state index is 13.1. The van der Waals surface area contributed by atoms with Gasteiger partial charge in [0, 0.05) is 41.4 Å². The van der Waals surface area contributed by atoms with E-state index in [0.29, 0.717) is 6.54 Å². The molecule has 7 heteroatoms. The summed E-state index contributed by atoms with van der Waals surface area (Å²) in [4.78, 5) is 23.7. The fourth-order valence-corrected chi connectivity index (χ4v) is 4.78. The topological polar surface area (TPSA) is 71.0 Å². The Balaban J connectivity index is 1.34.